The van der Waals surface area contributed by atoms with Gasteiger partial charge in [-0.3, -0.25) is 9.59 Å². The van der Waals surface area contributed by atoms with Crippen molar-refractivity contribution < 1.29 is 14.7 Å². The Labute approximate surface area is 121 Å². The van der Waals surface area contributed by atoms with Gasteiger partial charge in [0.15, 0.2) is 6.10 Å². The number of hydrogen-bond donors (Lipinski definition) is 2. The van der Waals surface area contributed by atoms with Crippen LogP contribution in [0.2, 0.25) is 0 Å². The number of nitrogens with one attached hydrogen (secondary N) is 1. The maximum atomic E-state index is 12.5. The summed E-state index contributed by atoms with van der Waals surface area (Å²) >= 11 is 0. The van der Waals surface area contributed by atoms with E-state index in [1.807, 2.05) is 6.07 Å². The van der Waals surface area contributed by atoms with Crippen LogP contribution in [0.3, 0.4) is 0 Å². The largest absolute Gasteiger partial charge is 0.378 e. The van der Waals surface area contributed by atoms with Gasteiger partial charge in [-0.2, -0.15) is 0 Å². The number of aliphatic hydroxyl groups excluding tert-OH is 1. The van der Waals surface area contributed by atoms with Gasteiger partial charge in [-0.25, -0.2) is 4.90 Å². The Morgan fingerprint density at radius 2 is 1.76 bits per heavy atom. The summed E-state index contributed by atoms with van der Waals surface area (Å²) in [4.78, 5) is 25.6. The van der Waals surface area contributed by atoms with E-state index in [0.29, 0.717) is 16.9 Å². The van der Waals surface area contributed by atoms with Crippen molar-refractivity contribution in [3.05, 3.63) is 60.2 Å². The van der Waals surface area contributed by atoms with Gasteiger partial charge in [-0.05, 0) is 17.7 Å². The van der Waals surface area contributed by atoms with Crippen LogP contribution in [0, 0.1) is 0 Å². The van der Waals surface area contributed by atoms with Crippen molar-refractivity contribution >= 4 is 23.2 Å². The fourth-order valence-corrected chi connectivity index (χ4v) is 2.34. The zero-order valence-electron chi connectivity index (χ0n) is 11.2. The lowest BCUT2D eigenvalue weighted by atomic mass is 10.1. The molecule has 0 fully saturated rings. The van der Waals surface area contributed by atoms with Gasteiger partial charge in [-0.15, -0.1) is 0 Å². The second kappa shape index (κ2) is 5.38. The molecular weight excluding hydrogens is 268 g/mol. The highest BCUT2D eigenvalue weighted by Gasteiger charge is 2.33. The molecule has 1 aliphatic rings. The third-order valence-electron chi connectivity index (χ3n) is 3.39. The van der Waals surface area contributed by atoms with Crippen LogP contribution in [0.1, 0.15) is 11.7 Å². The molecule has 0 spiro atoms. The SMILES string of the molecule is O=C1CNc2ccccc2N1C(=O)C(O)c1ccccc1. The van der Waals surface area contributed by atoms with Crippen LogP contribution in [0.5, 0.6) is 0 Å². The molecule has 1 heterocycles. The molecule has 0 bridgehead atoms. The predicted octanol–water partition coefficient (Wildman–Crippen LogP) is 1.71. The Kier molecular flexibility index (Phi) is 3.41. The predicted molar refractivity (Wildman–Crippen MR) is 78.8 cm³/mol. The monoisotopic (exact) mass is 282 g/mol. The first-order valence-electron chi connectivity index (χ1n) is 6.61. The normalized spacial score (nSPS) is 15.1. The number of benzene rings is 2. The van der Waals surface area contributed by atoms with Gasteiger partial charge in [0.2, 0.25) is 0 Å². The van der Waals surface area contributed by atoms with Crippen molar-refractivity contribution in [1.82, 2.24) is 0 Å². The standard InChI is InChI=1S/C16H14N2O3/c19-14-10-17-12-8-4-5-9-13(12)18(14)16(21)15(20)11-6-2-1-3-7-11/h1-9,15,17,20H,10H2. The summed E-state index contributed by atoms with van der Waals surface area (Å²) in [6, 6.07) is 15.6. The smallest absolute Gasteiger partial charge is 0.267 e. The number of fused-ring (bicyclic) bond motifs is 1. The quantitative estimate of drug-likeness (QED) is 0.879. The van der Waals surface area contributed by atoms with Gasteiger partial charge >= 0.3 is 0 Å². The second-order valence-electron chi connectivity index (χ2n) is 4.75. The minimum absolute atomic E-state index is 0.0320. The van der Waals surface area contributed by atoms with Crippen molar-refractivity contribution in [2.45, 2.75) is 6.10 Å². The molecule has 5 nitrogen and oxygen atoms in total. The first-order chi connectivity index (χ1) is 10.2. The zero-order chi connectivity index (χ0) is 14.8. The van der Waals surface area contributed by atoms with Gasteiger partial charge in [0, 0.05) is 0 Å². The Morgan fingerprint density at radius 3 is 2.52 bits per heavy atom. The van der Waals surface area contributed by atoms with Gasteiger partial charge in [0.1, 0.15) is 0 Å². The third-order valence-corrected chi connectivity index (χ3v) is 3.39. The summed E-state index contributed by atoms with van der Waals surface area (Å²) in [5.74, 6) is -1.02. The van der Waals surface area contributed by atoms with Crippen molar-refractivity contribution in [1.29, 1.82) is 0 Å². The van der Waals surface area contributed by atoms with Crippen LogP contribution >= 0.6 is 0 Å². The molecule has 5 heteroatoms. The first kappa shape index (κ1) is 13.3. The maximum absolute atomic E-state index is 12.5. The minimum Gasteiger partial charge on any atom is -0.378 e. The average Bonchev–Trinajstić information content (AvgIpc) is 2.54. The van der Waals surface area contributed by atoms with E-state index in [4.69, 9.17) is 0 Å². The van der Waals surface area contributed by atoms with E-state index in [2.05, 4.69) is 5.32 Å². The molecule has 0 radical (unpaired) electrons. The number of carbonyl (C=O) groups is 2. The molecule has 0 saturated carbocycles. The first-order valence-corrected chi connectivity index (χ1v) is 6.61. The molecule has 3 rings (SSSR count). The highest BCUT2D eigenvalue weighted by atomic mass is 16.3. The maximum Gasteiger partial charge on any atom is 0.267 e. The number of carbonyl (C=O) groups excluding carboxylic acids is 2. The topological polar surface area (TPSA) is 69.6 Å². The van der Waals surface area contributed by atoms with Gasteiger partial charge in [0.25, 0.3) is 11.8 Å². The van der Waals surface area contributed by atoms with Crippen LogP contribution in [0.25, 0.3) is 0 Å². The Hall–Kier alpha value is -2.66. The van der Waals surface area contributed by atoms with Crippen molar-refractivity contribution in [3.63, 3.8) is 0 Å². The highest BCUT2D eigenvalue weighted by molar-refractivity contribution is 6.20. The van der Waals surface area contributed by atoms with Crippen molar-refractivity contribution in [2.75, 3.05) is 16.8 Å². The number of nitrogens with zero attached hydrogens (tertiary/aromatic N) is 1. The Bertz CT molecular complexity index is 685. The van der Waals surface area contributed by atoms with Gasteiger partial charge in [0.05, 0.1) is 17.9 Å². The minimum atomic E-state index is -1.36. The summed E-state index contributed by atoms with van der Waals surface area (Å²) in [7, 11) is 0. The lowest BCUT2D eigenvalue weighted by molar-refractivity contribution is -0.131. The number of para-hydroxylation sites is 2. The van der Waals surface area contributed by atoms with E-state index >= 15 is 0 Å². The average molecular weight is 282 g/mol. The fourth-order valence-electron chi connectivity index (χ4n) is 2.34. The molecule has 2 N–H and O–H groups in total. The van der Waals surface area contributed by atoms with Crippen molar-refractivity contribution in [2.24, 2.45) is 0 Å². The molecule has 1 unspecified atom stereocenters. The molecule has 1 aliphatic heterocycles. The number of hydrogen-bond acceptors (Lipinski definition) is 4. The van der Waals surface area contributed by atoms with E-state index < -0.39 is 12.0 Å². The summed E-state index contributed by atoms with van der Waals surface area (Å²) in [6.07, 6.45) is -1.36. The lowest BCUT2D eigenvalue weighted by Crippen LogP contribution is -2.46. The van der Waals surface area contributed by atoms with Crippen LogP contribution < -0.4 is 10.2 Å². The molecule has 0 saturated heterocycles. The summed E-state index contributed by atoms with van der Waals surface area (Å²) in [5, 5.41) is 13.2. The highest BCUT2D eigenvalue weighted by Crippen LogP contribution is 2.31. The molecule has 0 aliphatic carbocycles. The van der Waals surface area contributed by atoms with E-state index in [1.54, 1.807) is 48.5 Å². The number of aliphatic hydroxyl groups is 1. The Balaban J connectivity index is 1.96. The van der Waals surface area contributed by atoms with E-state index in [1.165, 1.54) is 0 Å². The summed E-state index contributed by atoms with van der Waals surface area (Å²) in [6.45, 7) is 0.0320. The molecule has 1 atom stereocenters. The van der Waals surface area contributed by atoms with E-state index in [-0.39, 0.29) is 12.5 Å². The number of amides is 2. The number of rotatable bonds is 2. The van der Waals surface area contributed by atoms with Crippen LogP contribution in [0.4, 0.5) is 11.4 Å². The zero-order valence-corrected chi connectivity index (χ0v) is 11.2. The molecule has 0 aromatic heterocycles. The van der Waals surface area contributed by atoms with Gasteiger partial charge in [-0.1, -0.05) is 42.5 Å². The molecular formula is C16H14N2O3. The summed E-state index contributed by atoms with van der Waals surface area (Å²) in [5.41, 5.74) is 1.63. The summed E-state index contributed by atoms with van der Waals surface area (Å²) < 4.78 is 0. The number of anilines is 2. The van der Waals surface area contributed by atoms with Crippen LogP contribution in [-0.2, 0) is 9.59 Å². The van der Waals surface area contributed by atoms with Crippen LogP contribution in [-0.4, -0.2) is 23.5 Å². The lowest BCUT2D eigenvalue weighted by Gasteiger charge is -2.30. The molecule has 2 amide bonds. The van der Waals surface area contributed by atoms with Crippen LogP contribution in [0.15, 0.2) is 54.6 Å². The van der Waals surface area contributed by atoms with Gasteiger partial charge < -0.3 is 10.4 Å². The van der Waals surface area contributed by atoms with E-state index in [9.17, 15) is 14.7 Å². The van der Waals surface area contributed by atoms with E-state index in [0.717, 1.165) is 4.90 Å². The fraction of sp³-hybridized carbons (Fsp3) is 0.125. The third kappa shape index (κ3) is 2.39. The molecule has 21 heavy (non-hydrogen) atoms. The Morgan fingerprint density at radius 1 is 1.10 bits per heavy atom. The second-order valence-corrected chi connectivity index (χ2v) is 4.75. The van der Waals surface area contributed by atoms with Crippen molar-refractivity contribution in [3.8, 4) is 0 Å². The molecule has 2 aromatic carbocycles. The molecule has 106 valence electrons. The molecule has 2 aromatic rings. The number of imide groups is 1.